The molecule has 2 amide bonds. The van der Waals surface area contributed by atoms with Crippen LogP contribution in [0.5, 0.6) is 0 Å². The van der Waals surface area contributed by atoms with E-state index in [9.17, 15) is 9.59 Å². The van der Waals surface area contributed by atoms with Gasteiger partial charge in [0, 0.05) is 35.5 Å². The van der Waals surface area contributed by atoms with Crippen LogP contribution in [0, 0.1) is 5.92 Å². The van der Waals surface area contributed by atoms with Crippen molar-refractivity contribution in [1.29, 1.82) is 0 Å². The highest BCUT2D eigenvalue weighted by atomic mass is 16.2. The summed E-state index contributed by atoms with van der Waals surface area (Å²) in [6, 6.07) is 7.82. The van der Waals surface area contributed by atoms with Crippen molar-refractivity contribution < 1.29 is 9.59 Å². The van der Waals surface area contributed by atoms with Gasteiger partial charge in [-0.25, -0.2) is 0 Å². The number of amides is 2. The molecule has 4 rings (SSSR count). The third kappa shape index (κ3) is 3.23. The van der Waals surface area contributed by atoms with E-state index in [-0.39, 0.29) is 17.7 Å². The van der Waals surface area contributed by atoms with Gasteiger partial charge in [0.05, 0.1) is 0 Å². The number of H-pyrrole nitrogens is 1. The molecule has 23 heavy (non-hydrogen) atoms. The van der Waals surface area contributed by atoms with E-state index in [0.717, 1.165) is 42.1 Å². The highest BCUT2D eigenvalue weighted by molar-refractivity contribution is 5.91. The minimum atomic E-state index is -0.497. The summed E-state index contributed by atoms with van der Waals surface area (Å²) >= 11 is 0. The molecule has 2 aromatic rings. The lowest BCUT2D eigenvalue weighted by Gasteiger charge is -2.18. The van der Waals surface area contributed by atoms with Crippen molar-refractivity contribution in [2.75, 3.05) is 0 Å². The Morgan fingerprint density at radius 3 is 2.70 bits per heavy atom. The van der Waals surface area contributed by atoms with E-state index in [4.69, 9.17) is 0 Å². The van der Waals surface area contributed by atoms with Crippen molar-refractivity contribution >= 4 is 22.7 Å². The van der Waals surface area contributed by atoms with E-state index in [1.165, 1.54) is 0 Å². The van der Waals surface area contributed by atoms with Crippen LogP contribution in [-0.4, -0.2) is 28.9 Å². The van der Waals surface area contributed by atoms with E-state index in [0.29, 0.717) is 12.5 Å². The Morgan fingerprint density at radius 2 is 1.96 bits per heavy atom. The van der Waals surface area contributed by atoms with Gasteiger partial charge in [0.25, 0.3) is 0 Å². The molecule has 0 unspecified atom stereocenters. The third-order valence-electron chi connectivity index (χ3n) is 4.60. The molecule has 0 aliphatic heterocycles. The zero-order chi connectivity index (χ0) is 15.8. The molecule has 1 atom stereocenters. The average molecular weight is 311 g/mol. The second-order valence-corrected chi connectivity index (χ2v) is 6.68. The Hall–Kier alpha value is -2.30. The zero-order valence-corrected chi connectivity index (χ0v) is 13.0. The monoisotopic (exact) mass is 311 g/mol. The third-order valence-corrected chi connectivity index (χ3v) is 4.60. The SMILES string of the molecule is O=C(N[C@H](Cc1c[nH]c2ccccc12)C(=O)NC1CC1)C1CC1. The maximum atomic E-state index is 12.5. The molecule has 0 saturated heterocycles. The predicted molar refractivity (Wildman–Crippen MR) is 87.8 cm³/mol. The van der Waals surface area contributed by atoms with Gasteiger partial charge >= 0.3 is 0 Å². The fourth-order valence-electron chi connectivity index (χ4n) is 2.89. The number of fused-ring (bicyclic) bond motifs is 1. The summed E-state index contributed by atoms with van der Waals surface area (Å²) in [5, 5.41) is 7.07. The minimum Gasteiger partial charge on any atom is -0.361 e. The van der Waals surface area contributed by atoms with Crippen LogP contribution in [0.25, 0.3) is 10.9 Å². The molecule has 0 spiro atoms. The van der Waals surface area contributed by atoms with Crippen LogP contribution in [0.15, 0.2) is 30.5 Å². The molecule has 2 aliphatic carbocycles. The largest absolute Gasteiger partial charge is 0.361 e. The van der Waals surface area contributed by atoms with Crippen LogP contribution in [0.1, 0.15) is 31.2 Å². The van der Waals surface area contributed by atoms with Crippen LogP contribution in [0.2, 0.25) is 0 Å². The van der Waals surface area contributed by atoms with Crippen molar-refractivity contribution in [1.82, 2.24) is 15.6 Å². The van der Waals surface area contributed by atoms with E-state index >= 15 is 0 Å². The Kier molecular flexibility index (Phi) is 3.56. The standard InChI is InChI=1S/C18H21N3O2/c22-17(11-5-6-11)21-16(18(23)20-13-7-8-13)9-12-10-19-15-4-2-1-3-14(12)15/h1-4,10-11,13,16,19H,5-9H2,(H,20,23)(H,21,22)/t16-/m1/s1. The van der Waals surface area contributed by atoms with Gasteiger partial charge in [0.1, 0.15) is 6.04 Å². The lowest BCUT2D eigenvalue weighted by atomic mass is 10.0. The van der Waals surface area contributed by atoms with Crippen molar-refractivity contribution in [3.05, 3.63) is 36.0 Å². The number of aromatic amines is 1. The Morgan fingerprint density at radius 1 is 1.17 bits per heavy atom. The molecule has 2 fully saturated rings. The van der Waals surface area contributed by atoms with Gasteiger partial charge in [-0.1, -0.05) is 18.2 Å². The predicted octanol–water partition coefficient (Wildman–Crippen LogP) is 1.88. The number of benzene rings is 1. The van der Waals surface area contributed by atoms with E-state index in [1.807, 2.05) is 30.5 Å². The maximum Gasteiger partial charge on any atom is 0.243 e. The lowest BCUT2D eigenvalue weighted by molar-refractivity contribution is -0.129. The van der Waals surface area contributed by atoms with Crippen LogP contribution in [0.3, 0.4) is 0 Å². The minimum absolute atomic E-state index is 0.0146. The van der Waals surface area contributed by atoms with Crippen LogP contribution >= 0.6 is 0 Å². The normalized spacial score (nSPS) is 18.6. The summed E-state index contributed by atoms with van der Waals surface area (Å²) in [6.07, 6.45) is 6.42. The zero-order valence-electron chi connectivity index (χ0n) is 13.0. The maximum absolute atomic E-state index is 12.5. The number of aromatic nitrogens is 1. The molecule has 3 N–H and O–H groups in total. The number of hydrogen-bond acceptors (Lipinski definition) is 2. The first kappa shape index (κ1) is 14.3. The highest BCUT2D eigenvalue weighted by Gasteiger charge is 2.34. The molecular weight excluding hydrogens is 290 g/mol. The van der Waals surface area contributed by atoms with Gasteiger partial charge in [0.15, 0.2) is 0 Å². The highest BCUT2D eigenvalue weighted by Crippen LogP contribution is 2.29. The smallest absolute Gasteiger partial charge is 0.243 e. The summed E-state index contributed by atoms with van der Waals surface area (Å²) in [4.78, 5) is 27.8. The Balaban J connectivity index is 1.53. The fourth-order valence-corrected chi connectivity index (χ4v) is 2.89. The number of nitrogens with one attached hydrogen (secondary N) is 3. The number of hydrogen-bond donors (Lipinski definition) is 3. The summed E-state index contributed by atoms with van der Waals surface area (Å²) < 4.78 is 0. The quantitative estimate of drug-likeness (QED) is 0.762. The van der Waals surface area contributed by atoms with Gasteiger partial charge in [-0.2, -0.15) is 0 Å². The second-order valence-electron chi connectivity index (χ2n) is 6.68. The van der Waals surface area contributed by atoms with E-state index < -0.39 is 6.04 Å². The lowest BCUT2D eigenvalue weighted by Crippen LogP contribution is -2.49. The molecule has 120 valence electrons. The number of carbonyl (C=O) groups excluding carboxylic acids is 2. The molecule has 0 radical (unpaired) electrons. The second kappa shape index (κ2) is 5.72. The first-order valence-corrected chi connectivity index (χ1v) is 8.36. The van der Waals surface area contributed by atoms with Gasteiger partial charge in [0.2, 0.25) is 11.8 Å². The van der Waals surface area contributed by atoms with Crippen LogP contribution < -0.4 is 10.6 Å². The molecule has 0 bridgehead atoms. The molecule has 5 heteroatoms. The number of para-hydroxylation sites is 1. The van der Waals surface area contributed by atoms with Gasteiger partial charge in [-0.3, -0.25) is 9.59 Å². The van der Waals surface area contributed by atoms with Crippen molar-refractivity contribution in [2.45, 2.75) is 44.2 Å². The molecule has 1 aromatic carbocycles. The first-order valence-electron chi connectivity index (χ1n) is 8.36. The molecular formula is C18H21N3O2. The van der Waals surface area contributed by atoms with Crippen molar-refractivity contribution in [2.24, 2.45) is 5.92 Å². The molecule has 5 nitrogen and oxygen atoms in total. The molecule has 2 saturated carbocycles. The van der Waals surface area contributed by atoms with Crippen LogP contribution in [0.4, 0.5) is 0 Å². The van der Waals surface area contributed by atoms with E-state index in [2.05, 4.69) is 15.6 Å². The first-order chi connectivity index (χ1) is 11.2. The Bertz CT molecular complexity index is 744. The number of rotatable bonds is 6. The van der Waals surface area contributed by atoms with Crippen molar-refractivity contribution in [3.63, 3.8) is 0 Å². The average Bonchev–Trinajstić information content (AvgIpc) is 3.46. The van der Waals surface area contributed by atoms with Crippen molar-refractivity contribution in [3.8, 4) is 0 Å². The topological polar surface area (TPSA) is 74.0 Å². The van der Waals surface area contributed by atoms with Gasteiger partial charge in [-0.15, -0.1) is 0 Å². The molecule has 2 aliphatic rings. The number of carbonyl (C=O) groups is 2. The summed E-state index contributed by atoms with van der Waals surface area (Å²) in [5.41, 5.74) is 2.12. The molecule has 1 aromatic heterocycles. The van der Waals surface area contributed by atoms with Crippen LogP contribution in [-0.2, 0) is 16.0 Å². The van der Waals surface area contributed by atoms with Gasteiger partial charge in [-0.05, 0) is 37.3 Å². The fraction of sp³-hybridized carbons (Fsp3) is 0.444. The van der Waals surface area contributed by atoms with Gasteiger partial charge < -0.3 is 15.6 Å². The molecule has 1 heterocycles. The Labute approximate surface area is 134 Å². The summed E-state index contributed by atoms with van der Waals surface area (Å²) in [7, 11) is 0. The van der Waals surface area contributed by atoms with E-state index in [1.54, 1.807) is 0 Å². The summed E-state index contributed by atoms with van der Waals surface area (Å²) in [6.45, 7) is 0. The summed E-state index contributed by atoms with van der Waals surface area (Å²) in [5.74, 6) is 0.0572.